The van der Waals surface area contributed by atoms with Gasteiger partial charge in [-0.1, -0.05) is 24.6 Å². The Balaban J connectivity index is 2.32. The van der Waals surface area contributed by atoms with E-state index in [9.17, 15) is 0 Å². The normalized spacial score (nSPS) is 14.6. The first-order valence-electron chi connectivity index (χ1n) is 6.51. The minimum absolute atomic E-state index is 0.0486. The first-order chi connectivity index (χ1) is 8.63. The van der Waals surface area contributed by atoms with Crippen LogP contribution in [0.3, 0.4) is 0 Å². The lowest BCUT2D eigenvalue weighted by molar-refractivity contribution is 0.707. The zero-order valence-corrected chi connectivity index (χ0v) is 11.5. The van der Waals surface area contributed by atoms with Gasteiger partial charge in [-0.25, -0.2) is 0 Å². The van der Waals surface area contributed by atoms with Crippen LogP contribution >= 0.6 is 11.6 Å². The topological polar surface area (TPSA) is 53.1 Å². The highest BCUT2D eigenvalue weighted by molar-refractivity contribution is 6.34. The molecule has 0 unspecified atom stereocenters. The van der Waals surface area contributed by atoms with Crippen molar-refractivity contribution in [2.75, 3.05) is 18.0 Å². The number of halogens is 1. The van der Waals surface area contributed by atoms with Crippen LogP contribution in [0.1, 0.15) is 31.7 Å². The molecule has 0 saturated heterocycles. The fourth-order valence-electron chi connectivity index (χ4n) is 2.24. The van der Waals surface area contributed by atoms with E-state index in [4.69, 9.17) is 22.7 Å². The van der Waals surface area contributed by atoms with Crippen LogP contribution in [0.2, 0.25) is 5.02 Å². The van der Waals surface area contributed by atoms with Gasteiger partial charge in [0, 0.05) is 18.8 Å². The van der Waals surface area contributed by atoms with Gasteiger partial charge in [0.1, 0.15) is 5.84 Å². The molecule has 1 aliphatic carbocycles. The van der Waals surface area contributed by atoms with Crippen LogP contribution in [0.25, 0.3) is 0 Å². The lowest BCUT2D eigenvalue weighted by Crippen LogP contribution is -2.29. The van der Waals surface area contributed by atoms with Gasteiger partial charge in [-0.05, 0) is 37.3 Å². The Bertz CT molecular complexity index is 441. The Labute approximate surface area is 113 Å². The minimum Gasteiger partial charge on any atom is -0.384 e. The molecule has 3 N–H and O–H groups in total. The van der Waals surface area contributed by atoms with E-state index in [-0.39, 0.29) is 5.84 Å². The Morgan fingerprint density at radius 3 is 2.78 bits per heavy atom. The highest BCUT2D eigenvalue weighted by atomic mass is 35.5. The summed E-state index contributed by atoms with van der Waals surface area (Å²) in [4.78, 5) is 2.32. The molecule has 1 saturated carbocycles. The van der Waals surface area contributed by atoms with Gasteiger partial charge in [0.05, 0.1) is 10.6 Å². The highest BCUT2D eigenvalue weighted by Gasteiger charge is 2.25. The van der Waals surface area contributed by atoms with Crippen molar-refractivity contribution in [1.29, 1.82) is 5.41 Å². The fraction of sp³-hybridized carbons (Fsp3) is 0.500. The lowest BCUT2D eigenvalue weighted by Gasteiger charge is -2.27. The average molecular weight is 266 g/mol. The molecule has 0 aromatic heterocycles. The molecule has 0 bridgehead atoms. The van der Waals surface area contributed by atoms with E-state index in [1.54, 1.807) is 6.07 Å². The third kappa shape index (κ3) is 2.96. The van der Waals surface area contributed by atoms with Gasteiger partial charge in [0.15, 0.2) is 0 Å². The van der Waals surface area contributed by atoms with E-state index >= 15 is 0 Å². The number of amidine groups is 1. The van der Waals surface area contributed by atoms with Crippen molar-refractivity contribution in [3.05, 3.63) is 28.8 Å². The van der Waals surface area contributed by atoms with Crippen LogP contribution < -0.4 is 10.6 Å². The van der Waals surface area contributed by atoms with E-state index < -0.39 is 0 Å². The van der Waals surface area contributed by atoms with Gasteiger partial charge in [0.2, 0.25) is 0 Å². The van der Waals surface area contributed by atoms with Gasteiger partial charge in [0.25, 0.3) is 0 Å². The summed E-state index contributed by atoms with van der Waals surface area (Å²) in [6.07, 6.45) is 3.71. The summed E-state index contributed by atoms with van der Waals surface area (Å²) in [6, 6.07) is 5.74. The first kappa shape index (κ1) is 13.2. The molecular formula is C14H20ClN3. The monoisotopic (exact) mass is 265 g/mol. The van der Waals surface area contributed by atoms with Crippen LogP contribution in [0.5, 0.6) is 0 Å². The summed E-state index contributed by atoms with van der Waals surface area (Å²) in [6.45, 7) is 4.20. The maximum absolute atomic E-state index is 7.71. The lowest BCUT2D eigenvalue weighted by atomic mass is 10.1. The zero-order chi connectivity index (χ0) is 13.1. The molecule has 3 nitrogen and oxygen atoms in total. The van der Waals surface area contributed by atoms with E-state index in [0.717, 1.165) is 31.1 Å². The molecule has 1 aromatic carbocycles. The molecule has 0 heterocycles. The van der Waals surface area contributed by atoms with Gasteiger partial charge < -0.3 is 10.6 Å². The van der Waals surface area contributed by atoms with E-state index in [2.05, 4.69) is 11.8 Å². The smallest absolute Gasteiger partial charge is 0.126 e. The van der Waals surface area contributed by atoms with Crippen LogP contribution in [0, 0.1) is 11.3 Å². The van der Waals surface area contributed by atoms with Crippen LogP contribution in [-0.2, 0) is 0 Å². The SMILES string of the molecule is CCCN(CC1CC1)c1cccc(Cl)c1C(=N)N. The molecule has 0 atom stereocenters. The summed E-state index contributed by atoms with van der Waals surface area (Å²) in [5.74, 6) is 0.850. The van der Waals surface area contributed by atoms with Crippen molar-refractivity contribution in [2.45, 2.75) is 26.2 Å². The van der Waals surface area contributed by atoms with Crippen LogP contribution in [-0.4, -0.2) is 18.9 Å². The maximum atomic E-state index is 7.71. The quantitative estimate of drug-likeness (QED) is 0.613. The predicted molar refractivity (Wildman–Crippen MR) is 77.7 cm³/mol. The molecular weight excluding hydrogens is 246 g/mol. The molecule has 0 spiro atoms. The average Bonchev–Trinajstić information content (AvgIpc) is 3.11. The number of nitrogen functional groups attached to an aromatic ring is 1. The zero-order valence-electron chi connectivity index (χ0n) is 10.7. The summed E-state index contributed by atoms with van der Waals surface area (Å²) in [5, 5.41) is 8.27. The summed E-state index contributed by atoms with van der Waals surface area (Å²) >= 11 is 6.17. The van der Waals surface area contributed by atoms with E-state index in [0.29, 0.717) is 10.6 Å². The largest absolute Gasteiger partial charge is 0.384 e. The number of hydrogen-bond donors (Lipinski definition) is 2. The molecule has 1 fully saturated rings. The Morgan fingerprint density at radius 2 is 2.22 bits per heavy atom. The number of nitrogens with zero attached hydrogens (tertiary/aromatic N) is 1. The molecule has 2 rings (SSSR count). The second kappa shape index (κ2) is 5.61. The Hall–Kier alpha value is -1.22. The molecule has 4 heteroatoms. The second-order valence-electron chi connectivity index (χ2n) is 4.94. The highest BCUT2D eigenvalue weighted by Crippen LogP contribution is 2.34. The second-order valence-corrected chi connectivity index (χ2v) is 5.34. The van der Waals surface area contributed by atoms with Gasteiger partial charge in [-0.15, -0.1) is 0 Å². The summed E-state index contributed by atoms with van der Waals surface area (Å²) in [5.41, 5.74) is 7.35. The third-order valence-corrected chi connectivity index (χ3v) is 3.59. The van der Waals surface area contributed by atoms with Crippen molar-refractivity contribution in [3.8, 4) is 0 Å². The third-order valence-electron chi connectivity index (χ3n) is 3.27. The maximum Gasteiger partial charge on any atom is 0.126 e. The molecule has 1 aliphatic rings. The Morgan fingerprint density at radius 1 is 1.50 bits per heavy atom. The van der Waals surface area contributed by atoms with Crippen molar-refractivity contribution >= 4 is 23.1 Å². The number of hydrogen-bond acceptors (Lipinski definition) is 2. The minimum atomic E-state index is 0.0486. The summed E-state index contributed by atoms with van der Waals surface area (Å²) in [7, 11) is 0. The van der Waals surface area contributed by atoms with Crippen LogP contribution in [0.4, 0.5) is 5.69 Å². The van der Waals surface area contributed by atoms with Crippen molar-refractivity contribution in [2.24, 2.45) is 11.7 Å². The molecule has 0 aliphatic heterocycles. The van der Waals surface area contributed by atoms with Crippen molar-refractivity contribution < 1.29 is 0 Å². The number of rotatable bonds is 6. The number of nitrogens with two attached hydrogens (primary N) is 1. The molecule has 0 radical (unpaired) electrons. The van der Waals surface area contributed by atoms with Gasteiger partial charge >= 0.3 is 0 Å². The number of nitrogens with one attached hydrogen (secondary N) is 1. The summed E-state index contributed by atoms with van der Waals surface area (Å²) < 4.78 is 0. The van der Waals surface area contributed by atoms with E-state index in [1.165, 1.54) is 12.8 Å². The molecule has 98 valence electrons. The number of anilines is 1. The molecule has 1 aromatic rings. The van der Waals surface area contributed by atoms with E-state index in [1.807, 2.05) is 12.1 Å². The van der Waals surface area contributed by atoms with Gasteiger partial charge in [-0.3, -0.25) is 5.41 Å². The van der Waals surface area contributed by atoms with Crippen molar-refractivity contribution in [3.63, 3.8) is 0 Å². The number of benzene rings is 1. The Kier molecular flexibility index (Phi) is 4.12. The van der Waals surface area contributed by atoms with Gasteiger partial charge in [-0.2, -0.15) is 0 Å². The van der Waals surface area contributed by atoms with Crippen molar-refractivity contribution in [1.82, 2.24) is 0 Å². The predicted octanol–water partition coefficient (Wildman–Crippen LogP) is 3.25. The molecule has 0 amide bonds. The standard InChI is InChI=1S/C14H20ClN3/c1-2-8-18(9-10-6-7-10)12-5-3-4-11(15)13(12)14(16)17/h3-5,10H,2,6-9H2,1H3,(H3,16,17). The fourth-order valence-corrected chi connectivity index (χ4v) is 2.51. The molecule has 18 heavy (non-hydrogen) atoms. The van der Waals surface area contributed by atoms with Crippen LogP contribution in [0.15, 0.2) is 18.2 Å². The first-order valence-corrected chi connectivity index (χ1v) is 6.89.